The number of aryl methyl sites for hydroxylation is 2. The Hall–Kier alpha value is -3.70. The van der Waals surface area contributed by atoms with Crippen LogP contribution in [0.15, 0.2) is 57.2 Å². The molecule has 2 atom stereocenters. The van der Waals surface area contributed by atoms with E-state index in [1.807, 2.05) is 0 Å². The summed E-state index contributed by atoms with van der Waals surface area (Å²) in [6, 6.07) is 6.61. The predicted molar refractivity (Wildman–Crippen MR) is 140 cm³/mol. The van der Waals surface area contributed by atoms with Crippen molar-refractivity contribution in [1.82, 2.24) is 14.5 Å². The van der Waals surface area contributed by atoms with Gasteiger partial charge in [-0.25, -0.2) is 21.6 Å². The second-order valence-corrected chi connectivity index (χ2v) is 11.9. The van der Waals surface area contributed by atoms with Gasteiger partial charge in [0.1, 0.15) is 15.6 Å². The van der Waals surface area contributed by atoms with Gasteiger partial charge in [0, 0.05) is 29.9 Å². The SMILES string of the molecule is Cc1cnc(-c2cccc(S(C)(=O)=O)c2F)c(F)c1-n1c(C)cc([C@H]2C[C@@H]2c2cc[nH]c(=O)c2F)c(Cl)c1=O. The number of aromatic amines is 1. The number of rotatable bonds is 5. The van der Waals surface area contributed by atoms with E-state index < -0.39 is 49.0 Å². The Balaban J connectivity index is 1.63. The molecule has 0 radical (unpaired) electrons. The van der Waals surface area contributed by atoms with Crippen molar-refractivity contribution < 1.29 is 21.6 Å². The summed E-state index contributed by atoms with van der Waals surface area (Å²) in [6.45, 7) is 3.08. The topological polar surface area (TPSA) is 102 Å². The van der Waals surface area contributed by atoms with Crippen molar-refractivity contribution in [2.45, 2.75) is 37.0 Å². The molecule has 1 aliphatic carbocycles. The minimum absolute atomic E-state index is 0.194. The summed E-state index contributed by atoms with van der Waals surface area (Å²) in [6.07, 6.45) is 3.90. The maximum absolute atomic E-state index is 16.0. The van der Waals surface area contributed by atoms with Crippen LogP contribution in [0, 0.1) is 31.3 Å². The molecule has 0 spiro atoms. The number of hydrogen-bond donors (Lipinski definition) is 1. The summed E-state index contributed by atoms with van der Waals surface area (Å²) in [4.78, 5) is 30.8. The first-order valence-corrected chi connectivity index (χ1v) is 14.0. The highest BCUT2D eigenvalue weighted by Crippen LogP contribution is 2.56. The predicted octanol–water partition coefficient (Wildman–Crippen LogP) is 4.95. The van der Waals surface area contributed by atoms with Gasteiger partial charge in [0.05, 0.1) is 5.69 Å². The molecule has 7 nitrogen and oxygen atoms in total. The number of pyridine rings is 3. The first-order chi connectivity index (χ1) is 18.3. The summed E-state index contributed by atoms with van der Waals surface area (Å²) in [7, 11) is -3.94. The van der Waals surface area contributed by atoms with E-state index in [1.54, 1.807) is 13.0 Å². The highest BCUT2D eigenvalue weighted by molar-refractivity contribution is 7.90. The average Bonchev–Trinajstić information content (AvgIpc) is 3.65. The summed E-state index contributed by atoms with van der Waals surface area (Å²) >= 11 is 6.48. The van der Waals surface area contributed by atoms with Crippen molar-refractivity contribution in [1.29, 1.82) is 0 Å². The smallest absolute Gasteiger partial charge is 0.284 e. The second-order valence-electron chi connectivity index (χ2n) is 9.56. The quantitative estimate of drug-likeness (QED) is 0.363. The van der Waals surface area contributed by atoms with Crippen LogP contribution in [-0.2, 0) is 9.84 Å². The lowest BCUT2D eigenvalue weighted by Crippen LogP contribution is -2.24. The monoisotopic (exact) mass is 575 g/mol. The Labute approximate surface area is 225 Å². The van der Waals surface area contributed by atoms with E-state index in [0.29, 0.717) is 17.7 Å². The van der Waals surface area contributed by atoms with Crippen LogP contribution < -0.4 is 11.1 Å². The van der Waals surface area contributed by atoms with Crippen LogP contribution in [0.3, 0.4) is 0 Å². The average molecular weight is 576 g/mol. The van der Waals surface area contributed by atoms with E-state index in [2.05, 4.69) is 9.97 Å². The molecule has 1 saturated carbocycles. The number of aromatic nitrogens is 3. The molecule has 1 fully saturated rings. The number of nitrogens with zero attached hydrogens (tertiary/aromatic N) is 2. The van der Waals surface area contributed by atoms with Gasteiger partial charge in [-0.2, -0.15) is 0 Å². The van der Waals surface area contributed by atoms with Crippen LogP contribution in [0.1, 0.15) is 40.6 Å². The minimum atomic E-state index is -3.94. The number of H-pyrrole nitrogens is 1. The number of hydrogen-bond acceptors (Lipinski definition) is 5. The Morgan fingerprint density at radius 2 is 1.72 bits per heavy atom. The molecular weight excluding hydrogens is 555 g/mol. The third-order valence-electron chi connectivity index (χ3n) is 6.90. The lowest BCUT2D eigenvalue weighted by Gasteiger charge is -2.18. The molecule has 202 valence electrons. The minimum Gasteiger partial charge on any atom is -0.327 e. The van der Waals surface area contributed by atoms with Gasteiger partial charge in [-0.05, 0) is 73.1 Å². The highest BCUT2D eigenvalue weighted by atomic mass is 35.5. The first kappa shape index (κ1) is 26.9. The maximum Gasteiger partial charge on any atom is 0.284 e. The van der Waals surface area contributed by atoms with Crippen LogP contribution in [0.5, 0.6) is 0 Å². The maximum atomic E-state index is 16.0. The second kappa shape index (κ2) is 9.49. The molecule has 5 rings (SSSR count). The van der Waals surface area contributed by atoms with Crippen LogP contribution in [-0.4, -0.2) is 29.2 Å². The van der Waals surface area contributed by atoms with E-state index in [4.69, 9.17) is 11.6 Å². The van der Waals surface area contributed by atoms with Crippen molar-refractivity contribution >= 4 is 21.4 Å². The van der Waals surface area contributed by atoms with Gasteiger partial charge in [0.2, 0.25) is 0 Å². The van der Waals surface area contributed by atoms with E-state index in [1.165, 1.54) is 37.5 Å². The molecule has 0 bridgehead atoms. The van der Waals surface area contributed by atoms with Crippen LogP contribution in [0.4, 0.5) is 13.2 Å². The molecule has 0 aliphatic heterocycles. The molecule has 0 amide bonds. The van der Waals surface area contributed by atoms with Crippen molar-refractivity contribution in [3.05, 3.63) is 108 Å². The van der Waals surface area contributed by atoms with E-state index >= 15 is 8.78 Å². The molecular formula is C27H21ClF3N3O4S. The Morgan fingerprint density at radius 1 is 1.03 bits per heavy atom. The lowest BCUT2D eigenvalue weighted by atomic mass is 10.0. The van der Waals surface area contributed by atoms with Crippen molar-refractivity contribution in [3.8, 4) is 16.9 Å². The van der Waals surface area contributed by atoms with Gasteiger partial charge in [0.15, 0.2) is 27.3 Å². The Kier molecular flexibility index (Phi) is 6.54. The van der Waals surface area contributed by atoms with Gasteiger partial charge in [-0.1, -0.05) is 17.7 Å². The highest BCUT2D eigenvalue weighted by Gasteiger charge is 2.43. The summed E-state index contributed by atoms with van der Waals surface area (Å²) in [5, 5.41) is -0.194. The third kappa shape index (κ3) is 4.49. The van der Waals surface area contributed by atoms with Gasteiger partial charge in [0.25, 0.3) is 11.1 Å². The molecule has 1 N–H and O–H groups in total. The Bertz CT molecular complexity index is 1900. The zero-order valence-electron chi connectivity index (χ0n) is 20.9. The molecule has 4 aromatic rings. The molecule has 0 saturated heterocycles. The largest absolute Gasteiger partial charge is 0.327 e. The van der Waals surface area contributed by atoms with Crippen LogP contribution in [0.2, 0.25) is 5.02 Å². The third-order valence-corrected chi connectivity index (χ3v) is 8.39. The van der Waals surface area contributed by atoms with Crippen molar-refractivity contribution in [2.75, 3.05) is 6.26 Å². The van der Waals surface area contributed by atoms with Gasteiger partial charge in [-0.15, -0.1) is 0 Å². The summed E-state index contributed by atoms with van der Waals surface area (Å²) in [5.74, 6) is -3.76. The van der Waals surface area contributed by atoms with Gasteiger partial charge >= 0.3 is 0 Å². The van der Waals surface area contributed by atoms with Crippen molar-refractivity contribution in [2.24, 2.45) is 0 Å². The van der Waals surface area contributed by atoms with Crippen molar-refractivity contribution in [3.63, 3.8) is 0 Å². The summed E-state index contributed by atoms with van der Waals surface area (Å²) in [5.41, 5.74) is -1.43. The fourth-order valence-electron chi connectivity index (χ4n) is 4.93. The standard InChI is InChI=1S/C27H21ClF3N3O4S/c1-12-11-33-24(15-5-4-6-19(21(15)29)39(3,37)38)23(31)25(12)34-13(2)9-18(20(28)27(34)36)17-10-16(17)14-7-8-32-26(35)22(14)30/h4-9,11,16-17H,10H2,1-3H3,(H,32,35)/t16-,17+/m1/s1. The van der Waals surface area contributed by atoms with E-state index in [0.717, 1.165) is 16.9 Å². The zero-order chi connectivity index (χ0) is 28.4. The number of benzene rings is 1. The number of nitrogens with one attached hydrogen (secondary N) is 1. The first-order valence-electron chi connectivity index (χ1n) is 11.8. The molecule has 1 aliphatic rings. The molecule has 3 heterocycles. The van der Waals surface area contributed by atoms with E-state index in [9.17, 15) is 22.4 Å². The van der Waals surface area contributed by atoms with Crippen LogP contribution in [0.25, 0.3) is 16.9 Å². The molecule has 0 unspecified atom stereocenters. The Morgan fingerprint density at radius 3 is 2.41 bits per heavy atom. The van der Waals surface area contributed by atoms with Gasteiger partial charge in [-0.3, -0.25) is 19.1 Å². The van der Waals surface area contributed by atoms with E-state index in [-0.39, 0.29) is 39.2 Å². The fraction of sp³-hybridized carbons (Fsp3) is 0.222. The number of halogens is 4. The van der Waals surface area contributed by atoms with Gasteiger partial charge < -0.3 is 4.98 Å². The zero-order valence-corrected chi connectivity index (χ0v) is 22.4. The normalized spacial score (nSPS) is 16.9. The molecule has 12 heteroatoms. The number of sulfone groups is 1. The molecule has 3 aromatic heterocycles. The van der Waals surface area contributed by atoms with Crippen LogP contribution >= 0.6 is 11.6 Å². The molecule has 1 aromatic carbocycles. The molecule has 39 heavy (non-hydrogen) atoms. The lowest BCUT2D eigenvalue weighted by molar-refractivity contribution is 0.569. The summed E-state index contributed by atoms with van der Waals surface area (Å²) < 4.78 is 70.5. The fourth-order valence-corrected chi connectivity index (χ4v) is 5.97.